The van der Waals surface area contributed by atoms with E-state index in [-0.39, 0.29) is 11.5 Å². The van der Waals surface area contributed by atoms with Gasteiger partial charge in [-0.25, -0.2) is 9.37 Å². The number of ether oxygens (including phenoxy) is 1. The molecule has 0 aliphatic carbocycles. The minimum absolute atomic E-state index is 0.171. The van der Waals surface area contributed by atoms with E-state index in [9.17, 15) is 4.39 Å². The number of thiazole rings is 1. The molecule has 4 rings (SSSR count). The van der Waals surface area contributed by atoms with E-state index in [1.165, 1.54) is 25.8 Å². The van der Waals surface area contributed by atoms with Crippen molar-refractivity contribution >= 4 is 33.8 Å². The summed E-state index contributed by atoms with van der Waals surface area (Å²) in [5.74, 6) is 0.145. The van der Waals surface area contributed by atoms with Gasteiger partial charge < -0.3 is 14.0 Å². The Bertz CT molecular complexity index is 1220. The Morgan fingerprint density at radius 1 is 1.30 bits per heavy atom. The molecule has 3 heterocycles. The van der Waals surface area contributed by atoms with E-state index in [4.69, 9.17) is 9.15 Å². The summed E-state index contributed by atoms with van der Waals surface area (Å²) in [4.78, 5) is 13.3. The molecule has 1 unspecified atom stereocenters. The lowest BCUT2D eigenvalue weighted by Gasteiger charge is -2.16. The van der Waals surface area contributed by atoms with Crippen LogP contribution >= 0.6 is 11.3 Å². The molecular formula is C20H16FN5O3S. The number of rotatable bonds is 7. The average Bonchev–Trinajstić information content (AvgIpc) is 3.40. The lowest BCUT2D eigenvalue weighted by molar-refractivity contribution is 0.203. The Kier molecular flexibility index (Phi) is 5.48. The van der Waals surface area contributed by atoms with Crippen LogP contribution in [0.2, 0.25) is 0 Å². The lowest BCUT2D eigenvalue weighted by atomic mass is 10.1. The third-order valence-corrected chi connectivity index (χ3v) is 5.07. The first-order chi connectivity index (χ1) is 14.6. The molecule has 0 aliphatic heterocycles. The quantitative estimate of drug-likeness (QED) is 0.321. The highest BCUT2D eigenvalue weighted by Crippen LogP contribution is 2.33. The van der Waals surface area contributed by atoms with Crippen LogP contribution in [0.25, 0.3) is 16.3 Å². The number of aromatic nitrogens is 4. The molecule has 0 radical (unpaired) electrons. The largest absolute Gasteiger partial charge is 0.474 e. The maximum absolute atomic E-state index is 14.1. The summed E-state index contributed by atoms with van der Waals surface area (Å²) in [6.45, 7) is 5.79. The summed E-state index contributed by atoms with van der Waals surface area (Å²) in [5, 5.41) is 12.2. The molecule has 4 aromatic rings. The summed E-state index contributed by atoms with van der Waals surface area (Å²) in [6.07, 6.45) is 4.35. The molecule has 0 bridgehead atoms. The van der Waals surface area contributed by atoms with E-state index in [1.807, 2.05) is 19.1 Å². The SMILES string of the molecule is C=Cc1cc(OC(c2cc(/C=N/OC)c(F)cn2)c2nnco2)cc2sc(C)nc12. The van der Waals surface area contributed by atoms with Crippen molar-refractivity contribution in [2.45, 2.75) is 13.0 Å². The number of halogens is 1. The van der Waals surface area contributed by atoms with Crippen LogP contribution in [0.15, 0.2) is 46.9 Å². The number of fused-ring (bicyclic) bond motifs is 1. The van der Waals surface area contributed by atoms with E-state index in [2.05, 4.69) is 36.7 Å². The van der Waals surface area contributed by atoms with Gasteiger partial charge in [-0.1, -0.05) is 17.8 Å². The van der Waals surface area contributed by atoms with Gasteiger partial charge in [0.1, 0.15) is 18.7 Å². The van der Waals surface area contributed by atoms with E-state index in [1.54, 1.807) is 17.4 Å². The predicted molar refractivity (Wildman–Crippen MR) is 110 cm³/mol. The minimum Gasteiger partial charge on any atom is -0.474 e. The van der Waals surface area contributed by atoms with Gasteiger partial charge >= 0.3 is 0 Å². The number of oxime groups is 1. The van der Waals surface area contributed by atoms with Gasteiger partial charge in [0.25, 0.3) is 5.89 Å². The van der Waals surface area contributed by atoms with Gasteiger partial charge in [0.05, 0.1) is 33.3 Å². The molecule has 0 saturated heterocycles. The van der Waals surface area contributed by atoms with Crippen LogP contribution < -0.4 is 4.74 Å². The second-order valence-corrected chi connectivity index (χ2v) is 7.35. The van der Waals surface area contributed by atoms with Crippen molar-refractivity contribution in [3.63, 3.8) is 0 Å². The lowest BCUT2D eigenvalue weighted by Crippen LogP contribution is -2.13. The number of aryl methyl sites for hydroxylation is 1. The number of pyridine rings is 1. The average molecular weight is 425 g/mol. The van der Waals surface area contributed by atoms with Crippen LogP contribution in [-0.2, 0) is 4.84 Å². The summed E-state index contributed by atoms with van der Waals surface area (Å²) in [5.41, 5.74) is 2.22. The second kappa shape index (κ2) is 8.37. The highest BCUT2D eigenvalue weighted by molar-refractivity contribution is 7.18. The molecule has 8 nitrogen and oxygen atoms in total. The highest BCUT2D eigenvalue weighted by Gasteiger charge is 2.25. The van der Waals surface area contributed by atoms with Gasteiger partial charge in [0.2, 0.25) is 12.5 Å². The molecule has 30 heavy (non-hydrogen) atoms. The van der Waals surface area contributed by atoms with Crippen LogP contribution in [0.5, 0.6) is 5.75 Å². The number of hydrogen-bond donors (Lipinski definition) is 0. The van der Waals surface area contributed by atoms with E-state index in [0.717, 1.165) is 27.0 Å². The Balaban J connectivity index is 1.77. The van der Waals surface area contributed by atoms with Gasteiger partial charge in [0.15, 0.2) is 0 Å². The predicted octanol–water partition coefficient (Wildman–Crippen LogP) is 4.31. The van der Waals surface area contributed by atoms with E-state index in [0.29, 0.717) is 11.4 Å². The molecule has 3 aromatic heterocycles. The molecule has 152 valence electrons. The zero-order chi connectivity index (χ0) is 21.1. The molecule has 10 heteroatoms. The Labute approximate surface area is 174 Å². The van der Waals surface area contributed by atoms with Crippen molar-refractivity contribution in [1.29, 1.82) is 0 Å². The van der Waals surface area contributed by atoms with Crippen LogP contribution in [0, 0.1) is 12.7 Å². The van der Waals surface area contributed by atoms with Gasteiger partial charge in [0, 0.05) is 11.1 Å². The van der Waals surface area contributed by atoms with Crippen LogP contribution in [0.1, 0.15) is 33.8 Å². The van der Waals surface area contributed by atoms with Crippen molar-refractivity contribution in [3.05, 3.63) is 70.9 Å². The summed E-state index contributed by atoms with van der Waals surface area (Å²) in [7, 11) is 1.37. The fourth-order valence-electron chi connectivity index (χ4n) is 2.86. The molecule has 1 aromatic carbocycles. The van der Waals surface area contributed by atoms with Crippen LogP contribution in [0.4, 0.5) is 4.39 Å². The zero-order valence-corrected chi connectivity index (χ0v) is 16.9. The van der Waals surface area contributed by atoms with E-state index < -0.39 is 11.9 Å². The van der Waals surface area contributed by atoms with Crippen molar-refractivity contribution in [1.82, 2.24) is 20.2 Å². The molecule has 0 fully saturated rings. The maximum atomic E-state index is 14.1. The van der Waals surface area contributed by atoms with Gasteiger partial charge in [-0.15, -0.1) is 21.5 Å². The van der Waals surface area contributed by atoms with E-state index >= 15 is 0 Å². The Morgan fingerprint density at radius 2 is 2.17 bits per heavy atom. The fourth-order valence-corrected chi connectivity index (χ4v) is 3.75. The standard InChI is InChI=1S/C20H16FN5O3S/c1-4-12-5-14(7-17-18(12)25-11(2)30-17)29-19(20-26-23-10-28-20)16-6-13(8-24-27-3)15(21)9-22-16/h4-10,19H,1H2,2-3H3/b24-8+. The Hall–Kier alpha value is -3.66. The first-order valence-electron chi connectivity index (χ1n) is 8.77. The summed E-state index contributed by atoms with van der Waals surface area (Å²) in [6, 6.07) is 5.17. The molecule has 0 spiro atoms. The van der Waals surface area contributed by atoms with Crippen molar-refractivity contribution in [2.24, 2.45) is 5.16 Å². The van der Waals surface area contributed by atoms with Crippen molar-refractivity contribution in [3.8, 4) is 5.75 Å². The third-order valence-electron chi connectivity index (χ3n) is 4.15. The van der Waals surface area contributed by atoms with Gasteiger partial charge in [-0.3, -0.25) is 4.98 Å². The first-order valence-corrected chi connectivity index (χ1v) is 9.59. The third kappa shape index (κ3) is 3.90. The molecule has 0 amide bonds. The van der Waals surface area contributed by atoms with Crippen LogP contribution in [0.3, 0.4) is 0 Å². The minimum atomic E-state index is -0.869. The fraction of sp³-hybridized carbons (Fsp3) is 0.150. The molecule has 0 saturated carbocycles. The highest BCUT2D eigenvalue weighted by atomic mass is 32.1. The topological polar surface area (TPSA) is 95.5 Å². The monoisotopic (exact) mass is 425 g/mol. The first kappa shape index (κ1) is 19.6. The normalized spacial score (nSPS) is 12.4. The van der Waals surface area contributed by atoms with Crippen molar-refractivity contribution in [2.75, 3.05) is 7.11 Å². The van der Waals surface area contributed by atoms with Crippen molar-refractivity contribution < 1.29 is 18.4 Å². The summed E-state index contributed by atoms with van der Waals surface area (Å²) >= 11 is 1.54. The number of benzene rings is 1. The number of hydrogen-bond acceptors (Lipinski definition) is 9. The zero-order valence-electron chi connectivity index (χ0n) is 16.1. The number of nitrogens with zero attached hydrogens (tertiary/aromatic N) is 5. The molecule has 0 N–H and O–H groups in total. The molecule has 1 atom stereocenters. The smallest absolute Gasteiger partial charge is 0.263 e. The Morgan fingerprint density at radius 3 is 2.90 bits per heavy atom. The molecule has 0 aliphatic rings. The summed E-state index contributed by atoms with van der Waals surface area (Å²) < 4.78 is 26.6. The molecular weight excluding hydrogens is 409 g/mol. The van der Waals surface area contributed by atoms with Gasteiger partial charge in [-0.05, 0) is 25.1 Å². The van der Waals surface area contributed by atoms with Gasteiger partial charge in [-0.2, -0.15) is 0 Å². The maximum Gasteiger partial charge on any atom is 0.263 e. The van der Waals surface area contributed by atoms with Crippen LogP contribution in [-0.4, -0.2) is 33.5 Å². The second-order valence-electron chi connectivity index (χ2n) is 6.12.